The van der Waals surface area contributed by atoms with Crippen molar-refractivity contribution in [3.63, 3.8) is 0 Å². The van der Waals surface area contributed by atoms with Gasteiger partial charge in [-0.05, 0) is 57.7 Å². The first-order valence-corrected chi connectivity index (χ1v) is 11.8. The summed E-state index contributed by atoms with van der Waals surface area (Å²) in [4.78, 5) is 32.7. The molecule has 0 bridgehead atoms. The second kappa shape index (κ2) is 9.45. The molecule has 0 N–H and O–H groups in total. The van der Waals surface area contributed by atoms with Gasteiger partial charge >= 0.3 is 0 Å². The fourth-order valence-corrected chi connectivity index (χ4v) is 5.14. The van der Waals surface area contributed by atoms with Crippen LogP contribution in [0.2, 0.25) is 0 Å². The van der Waals surface area contributed by atoms with Gasteiger partial charge in [0, 0.05) is 44.4 Å². The SMILES string of the molecule is CCN1CCN(C(=O)[C@H]2CCCCN2C(=O)c2cc(-c3c(C)cc(C)cc3C)on2)CC1. The molecule has 1 atom stereocenters. The minimum absolute atomic E-state index is 0.0720. The van der Waals surface area contributed by atoms with Crippen molar-refractivity contribution in [3.05, 3.63) is 40.6 Å². The van der Waals surface area contributed by atoms with Crippen molar-refractivity contribution in [1.82, 2.24) is 19.9 Å². The lowest BCUT2D eigenvalue weighted by molar-refractivity contribution is -0.139. The number of hydrogen-bond donors (Lipinski definition) is 0. The minimum Gasteiger partial charge on any atom is -0.355 e. The Hall–Kier alpha value is -2.67. The van der Waals surface area contributed by atoms with Crippen molar-refractivity contribution in [2.45, 2.75) is 53.0 Å². The number of piperazine rings is 1. The van der Waals surface area contributed by atoms with Gasteiger partial charge in [0.25, 0.3) is 5.91 Å². The van der Waals surface area contributed by atoms with Gasteiger partial charge in [-0.1, -0.05) is 29.8 Å². The van der Waals surface area contributed by atoms with Crippen LogP contribution in [-0.2, 0) is 4.79 Å². The molecule has 7 heteroatoms. The van der Waals surface area contributed by atoms with Crippen LogP contribution in [-0.4, -0.2) is 77.0 Å². The Balaban J connectivity index is 1.53. The van der Waals surface area contributed by atoms with E-state index in [2.05, 4.69) is 36.0 Å². The summed E-state index contributed by atoms with van der Waals surface area (Å²) < 4.78 is 5.60. The Morgan fingerprint density at radius 3 is 2.34 bits per heavy atom. The highest BCUT2D eigenvalue weighted by Crippen LogP contribution is 2.30. The number of benzene rings is 1. The monoisotopic (exact) mass is 438 g/mol. The fourth-order valence-electron chi connectivity index (χ4n) is 5.14. The molecule has 172 valence electrons. The molecule has 4 rings (SSSR count). The van der Waals surface area contributed by atoms with E-state index in [0.29, 0.717) is 18.7 Å². The van der Waals surface area contributed by atoms with Gasteiger partial charge in [-0.25, -0.2) is 0 Å². The van der Waals surface area contributed by atoms with Gasteiger partial charge < -0.3 is 19.2 Å². The Kier molecular flexibility index (Phi) is 6.65. The number of rotatable bonds is 4. The molecule has 1 aromatic heterocycles. The Morgan fingerprint density at radius 1 is 1.00 bits per heavy atom. The summed E-state index contributed by atoms with van der Waals surface area (Å²) in [5.74, 6) is 0.453. The standard InChI is InChI=1S/C25H34N4O3/c1-5-27-10-12-28(13-11-27)25(31)21-8-6-7-9-29(21)24(30)20-16-22(32-26-20)23-18(3)14-17(2)15-19(23)4/h14-16,21H,5-13H2,1-4H3/t21-/m1/s1. The molecule has 2 saturated heterocycles. The van der Waals surface area contributed by atoms with Crippen LogP contribution in [0.5, 0.6) is 0 Å². The normalized spacial score (nSPS) is 19.9. The number of carbonyl (C=O) groups is 2. The molecule has 0 unspecified atom stereocenters. The molecule has 0 radical (unpaired) electrons. The molecule has 32 heavy (non-hydrogen) atoms. The minimum atomic E-state index is -0.410. The number of likely N-dealkylation sites (tertiary alicyclic amines) is 1. The van der Waals surface area contributed by atoms with Crippen molar-refractivity contribution >= 4 is 11.8 Å². The summed E-state index contributed by atoms with van der Waals surface area (Å²) >= 11 is 0. The van der Waals surface area contributed by atoms with Crippen LogP contribution in [0, 0.1) is 20.8 Å². The zero-order valence-electron chi connectivity index (χ0n) is 19.7. The van der Waals surface area contributed by atoms with Crippen molar-refractivity contribution in [2.75, 3.05) is 39.3 Å². The second-order valence-corrected chi connectivity index (χ2v) is 9.12. The third-order valence-electron chi connectivity index (χ3n) is 6.83. The van der Waals surface area contributed by atoms with Gasteiger partial charge in [0.05, 0.1) is 0 Å². The molecule has 0 saturated carbocycles. The van der Waals surface area contributed by atoms with Crippen molar-refractivity contribution in [2.24, 2.45) is 0 Å². The van der Waals surface area contributed by atoms with Gasteiger partial charge in [-0.15, -0.1) is 0 Å². The number of carbonyl (C=O) groups excluding carboxylic acids is 2. The van der Waals surface area contributed by atoms with Crippen LogP contribution >= 0.6 is 0 Å². The molecule has 1 aromatic carbocycles. The van der Waals surface area contributed by atoms with Crippen LogP contribution in [0.4, 0.5) is 0 Å². The quantitative estimate of drug-likeness (QED) is 0.732. The highest BCUT2D eigenvalue weighted by molar-refractivity contribution is 5.97. The van der Waals surface area contributed by atoms with E-state index in [1.54, 1.807) is 11.0 Å². The maximum absolute atomic E-state index is 13.4. The van der Waals surface area contributed by atoms with Crippen LogP contribution in [0.15, 0.2) is 22.7 Å². The molecule has 7 nitrogen and oxygen atoms in total. The number of aryl methyl sites for hydroxylation is 3. The van der Waals surface area contributed by atoms with Gasteiger partial charge in [-0.2, -0.15) is 0 Å². The topological polar surface area (TPSA) is 69.9 Å². The molecule has 0 spiro atoms. The molecule has 2 aliphatic heterocycles. The lowest BCUT2D eigenvalue weighted by Gasteiger charge is -2.40. The summed E-state index contributed by atoms with van der Waals surface area (Å²) in [5.41, 5.74) is 4.62. The number of nitrogens with zero attached hydrogens (tertiary/aromatic N) is 4. The molecule has 2 fully saturated rings. The van der Waals surface area contributed by atoms with Crippen LogP contribution in [0.25, 0.3) is 11.3 Å². The molecule has 2 aromatic rings. The second-order valence-electron chi connectivity index (χ2n) is 9.12. The van der Waals surface area contributed by atoms with Gasteiger partial charge in [0.2, 0.25) is 5.91 Å². The molecule has 2 aliphatic rings. The van der Waals surface area contributed by atoms with E-state index in [1.807, 2.05) is 18.7 Å². The van der Waals surface area contributed by atoms with E-state index in [0.717, 1.165) is 62.3 Å². The van der Waals surface area contributed by atoms with Gasteiger partial charge in [0.1, 0.15) is 6.04 Å². The predicted molar refractivity (Wildman–Crippen MR) is 124 cm³/mol. The molecule has 2 amide bonds. The maximum atomic E-state index is 13.4. The lowest BCUT2D eigenvalue weighted by atomic mass is 9.97. The summed E-state index contributed by atoms with van der Waals surface area (Å²) in [5, 5.41) is 4.10. The lowest BCUT2D eigenvalue weighted by Crippen LogP contribution is -2.57. The third kappa shape index (κ3) is 4.44. The van der Waals surface area contributed by atoms with E-state index in [1.165, 1.54) is 5.56 Å². The summed E-state index contributed by atoms with van der Waals surface area (Å²) in [6, 6.07) is 5.52. The van der Waals surface area contributed by atoms with Crippen LogP contribution in [0.3, 0.4) is 0 Å². The first kappa shape index (κ1) is 22.5. The number of amides is 2. The Morgan fingerprint density at radius 2 is 1.69 bits per heavy atom. The predicted octanol–water partition coefficient (Wildman–Crippen LogP) is 3.43. The van der Waals surface area contributed by atoms with Crippen LogP contribution < -0.4 is 0 Å². The molecule has 3 heterocycles. The summed E-state index contributed by atoms with van der Waals surface area (Å²) in [6.45, 7) is 13.1. The van der Waals surface area contributed by atoms with E-state index < -0.39 is 6.04 Å². The largest absolute Gasteiger partial charge is 0.355 e. The van der Waals surface area contributed by atoms with Crippen molar-refractivity contribution in [3.8, 4) is 11.3 Å². The molecule has 0 aliphatic carbocycles. The van der Waals surface area contributed by atoms with E-state index >= 15 is 0 Å². The zero-order valence-corrected chi connectivity index (χ0v) is 19.7. The zero-order chi connectivity index (χ0) is 22.8. The maximum Gasteiger partial charge on any atom is 0.276 e. The van der Waals surface area contributed by atoms with E-state index in [4.69, 9.17) is 4.52 Å². The Bertz CT molecular complexity index is 968. The highest BCUT2D eigenvalue weighted by atomic mass is 16.5. The van der Waals surface area contributed by atoms with Crippen LogP contribution in [0.1, 0.15) is 53.4 Å². The third-order valence-corrected chi connectivity index (χ3v) is 6.83. The van der Waals surface area contributed by atoms with E-state index in [-0.39, 0.29) is 17.5 Å². The number of likely N-dealkylation sites (N-methyl/N-ethyl adjacent to an activating group) is 1. The average Bonchev–Trinajstić information content (AvgIpc) is 3.27. The smallest absolute Gasteiger partial charge is 0.276 e. The summed E-state index contributed by atoms with van der Waals surface area (Å²) in [6.07, 6.45) is 2.57. The number of piperidine rings is 1. The highest BCUT2D eigenvalue weighted by Gasteiger charge is 2.37. The first-order valence-electron chi connectivity index (χ1n) is 11.8. The summed E-state index contributed by atoms with van der Waals surface area (Å²) in [7, 11) is 0. The van der Waals surface area contributed by atoms with Gasteiger partial charge in [-0.3, -0.25) is 9.59 Å². The first-order chi connectivity index (χ1) is 15.4. The number of aromatic nitrogens is 1. The van der Waals surface area contributed by atoms with Crippen molar-refractivity contribution in [1.29, 1.82) is 0 Å². The Labute approximate surface area is 190 Å². The average molecular weight is 439 g/mol. The van der Waals surface area contributed by atoms with E-state index in [9.17, 15) is 9.59 Å². The fraction of sp³-hybridized carbons (Fsp3) is 0.560. The molecular formula is C25H34N4O3. The van der Waals surface area contributed by atoms with Crippen molar-refractivity contribution < 1.29 is 14.1 Å². The van der Waals surface area contributed by atoms with Gasteiger partial charge in [0.15, 0.2) is 11.5 Å². The number of hydrogen-bond acceptors (Lipinski definition) is 5. The molecular weight excluding hydrogens is 404 g/mol.